The quantitative estimate of drug-likeness (QED) is 0.473. The third kappa shape index (κ3) is 5.43. The second kappa shape index (κ2) is 8.91. The molecule has 3 N–H and O–H groups in total. The fourth-order valence-electron chi connectivity index (χ4n) is 5.40. The molecule has 0 spiro atoms. The number of carbonyl (C=O) groups is 2. The first-order valence-electron chi connectivity index (χ1n) is 11.5. The van der Waals surface area contributed by atoms with Crippen LogP contribution in [-0.2, 0) is 14.3 Å². The van der Waals surface area contributed by atoms with Gasteiger partial charge in [0.25, 0.3) is 5.91 Å². The van der Waals surface area contributed by atoms with Crippen molar-refractivity contribution < 1.29 is 50.5 Å². The Morgan fingerprint density at radius 1 is 1.11 bits per heavy atom. The van der Waals surface area contributed by atoms with Crippen LogP contribution in [-0.4, -0.2) is 55.4 Å². The van der Waals surface area contributed by atoms with Crippen molar-refractivity contribution in [2.24, 2.45) is 11.8 Å². The van der Waals surface area contributed by atoms with E-state index in [1.54, 1.807) is 0 Å². The summed E-state index contributed by atoms with van der Waals surface area (Å²) in [6.45, 7) is -0.255. The zero-order valence-corrected chi connectivity index (χ0v) is 18.8. The van der Waals surface area contributed by atoms with E-state index in [-0.39, 0.29) is 61.1 Å². The first-order chi connectivity index (χ1) is 16.9. The van der Waals surface area contributed by atoms with Crippen molar-refractivity contribution >= 4 is 11.8 Å². The Balaban J connectivity index is 1.05. The number of hydrogen-bond donors (Lipinski definition) is 3. The minimum absolute atomic E-state index is 0.0672. The predicted octanol–water partition coefficient (Wildman–Crippen LogP) is 2.40. The number of ether oxygens (including phenoxy) is 4. The minimum atomic E-state index is -4.73. The van der Waals surface area contributed by atoms with Crippen molar-refractivity contribution in [3.05, 3.63) is 18.2 Å². The average Bonchev–Trinajstić information content (AvgIpc) is 3.37. The molecule has 1 aromatic rings. The van der Waals surface area contributed by atoms with Crippen LogP contribution in [0.25, 0.3) is 0 Å². The average molecular weight is 521 g/mol. The number of rotatable bonds is 7. The Morgan fingerprint density at radius 2 is 1.86 bits per heavy atom. The second-order valence-corrected chi connectivity index (χ2v) is 9.62. The van der Waals surface area contributed by atoms with Gasteiger partial charge in [-0.1, -0.05) is 0 Å². The van der Waals surface area contributed by atoms with Crippen LogP contribution >= 0.6 is 0 Å². The fraction of sp³-hybridized carbons (Fsp3) is 0.636. The van der Waals surface area contributed by atoms with Crippen molar-refractivity contribution in [3.63, 3.8) is 0 Å². The lowest BCUT2D eigenvalue weighted by Gasteiger charge is -2.40. The smallest absolute Gasteiger partial charge is 0.484 e. The number of amides is 2. The van der Waals surface area contributed by atoms with Crippen molar-refractivity contribution in [2.75, 3.05) is 13.2 Å². The second-order valence-electron chi connectivity index (χ2n) is 9.62. The van der Waals surface area contributed by atoms with E-state index in [4.69, 9.17) is 4.74 Å². The maximum atomic E-state index is 13.1. The Morgan fingerprint density at radius 3 is 2.56 bits per heavy atom. The largest absolute Gasteiger partial charge is 0.586 e. The summed E-state index contributed by atoms with van der Waals surface area (Å²) in [7, 11) is 0. The molecule has 2 bridgehead atoms. The van der Waals surface area contributed by atoms with Crippen LogP contribution in [0.15, 0.2) is 18.2 Å². The first kappa shape index (κ1) is 24.8. The Kier molecular flexibility index (Phi) is 6.14. The molecule has 3 atom stereocenters. The van der Waals surface area contributed by atoms with Crippen molar-refractivity contribution in [2.45, 2.75) is 62.6 Å². The summed E-state index contributed by atoms with van der Waals surface area (Å²) in [5.41, 5.74) is -0.442. The molecule has 6 rings (SSSR count). The molecule has 1 aromatic carbocycles. The van der Waals surface area contributed by atoms with Gasteiger partial charge in [0, 0.05) is 24.2 Å². The topological polar surface area (TPSA) is 107 Å². The summed E-state index contributed by atoms with van der Waals surface area (Å²) >= 11 is 0. The molecule has 14 heteroatoms. The normalized spacial score (nSPS) is 31.9. The maximum absolute atomic E-state index is 13.1. The number of alkyl halides is 5. The van der Waals surface area contributed by atoms with E-state index >= 15 is 0 Å². The summed E-state index contributed by atoms with van der Waals surface area (Å²) in [5, 5.41) is 8.53. The van der Waals surface area contributed by atoms with Crippen LogP contribution in [0.4, 0.5) is 22.0 Å². The van der Waals surface area contributed by atoms with E-state index in [0.29, 0.717) is 19.3 Å². The number of hydrogen-bond acceptors (Lipinski definition) is 7. The zero-order chi connectivity index (χ0) is 25.7. The molecule has 1 saturated heterocycles. The van der Waals surface area contributed by atoms with Gasteiger partial charge in [0.05, 0.1) is 5.92 Å². The Hall–Kier alpha value is -2.87. The molecule has 2 heterocycles. The lowest BCUT2D eigenvalue weighted by Crippen LogP contribution is -2.56. The third-order valence-electron chi connectivity index (χ3n) is 6.98. The summed E-state index contributed by atoms with van der Waals surface area (Å²) in [6, 6.07) is 3.68. The molecule has 0 radical (unpaired) electrons. The molecule has 0 aromatic heterocycles. The first-order valence-corrected chi connectivity index (χ1v) is 11.5. The molecule has 198 valence electrons. The van der Waals surface area contributed by atoms with Gasteiger partial charge in [0.1, 0.15) is 12.0 Å². The zero-order valence-electron chi connectivity index (χ0n) is 18.8. The van der Waals surface area contributed by atoms with E-state index in [1.165, 1.54) is 18.2 Å². The lowest BCUT2D eigenvalue weighted by molar-refractivity contribution is -0.348. The molecular formula is C22H24F5N3O6. The van der Waals surface area contributed by atoms with Crippen LogP contribution in [0.2, 0.25) is 0 Å². The summed E-state index contributed by atoms with van der Waals surface area (Å²) < 4.78 is 81.3. The van der Waals surface area contributed by atoms with E-state index < -0.39 is 36.2 Å². The number of halogens is 5. The highest BCUT2D eigenvalue weighted by atomic mass is 19.4. The van der Waals surface area contributed by atoms with Gasteiger partial charge < -0.3 is 24.8 Å². The Bertz CT molecular complexity index is 1020. The molecule has 4 fully saturated rings. The van der Waals surface area contributed by atoms with E-state index in [2.05, 4.69) is 30.2 Å². The molecule has 3 unspecified atom stereocenters. The van der Waals surface area contributed by atoms with E-state index in [1.807, 2.05) is 0 Å². The number of nitrogens with one attached hydrogen (secondary N) is 3. The molecular weight excluding hydrogens is 497 g/mol. The van der Waals surface area contributed by atoms with Gasteiger partial charge in [0.15, 0.2) is 18.1 Å². The number of piperidine rings is 1. The highest BCUT2D eigenvalue weighted by molar-refractivity contribution is 5.80. The van der Waals surface area contributed by atoms with Crippen LogP contribution in [0.5, 0.6) is 17.2 Å². The van der Waals surface area contributed by atoms with E-state index in [9.17, 15) is 31.5 Å². The van der Waals surface area contributed by atoms with Gasteiger partial charge in [-0.15, -0.1) is 22.0 Å². The molecule has 5 aliphatic rings. The minimum Gasteiger partial charge on any atom is -0.484 e. The van der Waals surface area contributed by atoms with Gasteiger partial charge in [-0.2, -0.15) is 0 Å². The van der Waals surface area contributed by atoms with Gasteiger partial charge >= 0.3 is 12.7 Å². The molecule has 2 aliphatic heterocycles. The summed E-state index contributed by atoms with van der Waals surface area (Å²) in [6.07, 6.45) is -7.37. The van der Waals surface area contributed by atoms with E-state index in [0.717, 1.165) is 0 Å². The summed E-state index contributed by atoms with van der Waals surface area (Å²) in [4.78, 5) is 25.1. The number of benzene rings is 1. The maximum Gasteiger partial charge on any atom is 0.586 e. The van der Waals surface area contributed by atoms with Crippen molar-refractivity contribution in [3.8, 4) is 17.2 Å². The van der Waals surface area contributed by atoms with Crippen LogP contribution in [0.1, 0.15) is 32.1 Å². The third-order valence-corrected chi connectivity index (χ3v) is 6.98. The Labute approximate surface area is 202 Å². The molecule has 36 heavy (non-hydrogen) atoms. The van der Waals surface area contributed by atoms with Gasteiger partial charge in [-0.3, -0.25) is 19.6 Å². The number of carbonyl (C=O) groups excluding carboxylic acids is 2. The molecule has 2 amide bonds. The predicted molar refractivity (Wildman–Crippen MR) is 110 cm³/mol. The van der Waals surface area contributed by atoms with Gasteiger partial charge in [0.2, 0.25) is 5.91 Å². The van der Waals surface area contributed by atoms with Crippen LogP contribution < -0.4 is 30.2 Å². The number of fused-ring (bicyclic) bond motifs is 2. The van der Waals surface area contributed by atoms with Gasteiger partial charge in [-0.25, -0.2) is 0 Å². The highest BCUT2D eigenvalue weighted by Crippen LogP contribution is 2.52. The van der Waals surface area contributed by atoms with Crippen molar-refractivity contribution in [1.82, 2.24) is 16.0 Å². The SMILES string of the molecule is O=C(COc1ccc2c(c1)OC(F)(F)O2)NC1CC2(NC(=O)C3CCC(OC(F)(F)F)NC3)CC1C2. The van der Waals surface area contributed by atoms with Crippen LogP contribution in [0, 0.1) is 11.8 Å². The lowest BCUT2D eigenvalue weighted by atomic mass is 9.76. The fourth-order valence-corrected chi connectivity index (χ4v) is 5.40. The summed E-state index contributed by atoms with van der Waals surface area (Å²) in [5.74, 6) is -1.06. The molecule has 9 nitrogen and oxygen atoms in total. The van der Waals surface area contributed by atoms with Gasteiger partial charge in [-0.05, 0) is 50.2 Å². The standard InChI is InChI=1S/C22H24F5N3O6/c23-21(24,25)36-18-4-1-11(9-28-18)19(32)30-20-6-12(7-20)14(8-20)29-17(31)10-33-13-2-3-15-16(5-13)35-22(26,27)34-15/h2-3,5,11-12,14,18,28H,1,4,6-10H2,(H,29,31)(H,30,32). The highest BCUT2D eigenvalue weighted by Gasteiger charge is 2.57. The molecule has 3 saturated carbocycles. The monoisotopic (exact) mass is 521 g/mol. The van der Waals surface area contributed by atoms with Crippen LogP contribution in [0.3, 0.4) is 0 Å². The van der Waals surface area contributed by atoms with Crippen molar-refractivity contribution in [1.29, 1.82) is 0 Å². The molecule has 3 aliphatic carbocycles.